The molecule has 0 aromatic heterocycles. The van der Waals surface area contributed by atoms with Gasteiger partial charge in [-0.2, -0.15) is 0 Å². The summed E-state index contributed by atoms with van der Waals surface area (Å²) >= 11 is -8.47. The molecule has 16 aliphatic carbocycles. The van der Waals surface area contributed by atoms with Crippen molar-refractivity contribution in [3.63, 3.8) is 0 Å². The Morgan fingerprint density at radius 2 is 0.337 bits per heavy atom. The summed E-state index contributed by atoms with van der Waals surface area (Å²) in [5.41, 5.74) is 33.9. The van der Waals surface area contributed by atoms with Crippen LogP contribution >= 0.6 is 0 Å². The molecule has 0 nitrogen and oxygen atoms in total. The van der Waals surface area contributed by atoms with Crippen LogP contribution in [0.5, 0.6) is 0 Å². The van der Waals surface area contributed by atoms with Gasteiger partial charge in [-0.05, 0) is 0 Å². The second kappa shape index (κ2) is 16.6. The van der Waals surface area contributed by atoms with E-state index in [4.69, 9.17) is 0 Å². The first-order valence-electron chi connectivity index (χ1n) is 35.8. The summed E-state index contributed by atoms with van der Waals surface area (Å²) in [6.07, 6.45) is 72.1. The first kappa shape index (κ1) is 54.1. The molecule has 4 saturated heterocycles. The van der Waals surface area contributed by atoms with Crippen LogP contribution in [0, 0.1) is 0 Å². The van der Waals surface area contributed by atoms with E-state index >= 15 is 0 Å². The van der Waals surface area contributed by atoms with Crippen LogP contribution in [0.15, 0.2) is 179 Å². The van der Waals surface area contributed by atoms with Crippen LogP contribution in [-0.4, -0.2) is 35.2 Å². The van der Waals surface area contributed by atoms with Gasteiger partial charge in [-0.25, -0.2) is 0 Å². The van der Waals surface area contributed by atoms with E-state index < -0.39 is 49.5 Å². The summed E-state index contributed by atoms with van der Waals surface area (Å²) in [6.45, 7) is 12.5. The maximum Gasteiger partial charge on any atom is -1.00 e. The minimum absolute atomic E-state index is 0. The van der Waals surface area contributed by atoms with Crippen LogP contribution in [-0.2, 0) is 14.3 Å². The van der Waals surface area contributed by atoms with Crippen LogP contribution in [0.2, 0.25) is 55.2 Å². The zero-order valence-electron chi connectivity index (χ0n) is 51.4. The molecular formula is C76H96Cl2Si4Zr. The summed E-state index contributed by atoms with van der Waals surface area (Å²) in [4.78, 5) is 0. The molecule has 4 heterocycles. The molecule has 83 heavy (non-hydrogen) atoms. The van der Waals surface area contributed by atoms with Crippen molar-refractivity contribution < 1.29 is 39.1 Å². The molecule has 0 N–H and O–H groups in total. The molecule has 4 aliphatic heterocycles. The third-order valence-electron chi connectivity index (χ3n) is 34.0. The van der Waals surface area contributed by atoms with Gasteiger partial charge in [-0.15, -0.1) is 0 Å². The van der Waals surface area contributed by atoms with E-state index in [1.165, 1.54) is 205 Å². The number of rotatable bonds is 0. The molecule has 0 bridgehead atoms. The van der Waals surface area contributed by atoms with E-state index in [0.717, 1.165) is 0 Å². The predicted octanol–water partition coefficient (Wildman–Crippen LogP) is 14.9. The second-order valence-electron chi connectivity index (χ2n) is 34.2. The van der Waals surface area contributed by atoms with Crippen molar-refractivity contribution in [1.82, 2.24) is 0 Å². The fourth-order valence-corrected chi connectivity index (χ4v) is 178. The van der Waals surface area contributed by atoms with Crippen molar-refractivity contribution in [3.05, 3.63) is 179 Å². The molecule has 8 unspecified atom stereocenters. The van der Waals surface area contributed by atoms with Gasteiger partial charge in [0, 0.05) is 0 Å². The summed E-state index contributed by atoms with van der Waals surface area (Å²) in [6, 6.07) is 0. The van der Waals surface area contributed by atoms with Gasteiger partial charge in [0.2, 0.25) is 0 Å². The Morgan fingerprint density at radius 1 is 0.217 bits per heavy atom. The zero-order chi connectivity index (χ0) is 53.4. The Balaban J connectivity index is 0.00000263. The summed E-state index contributed by atoms with van der Waals surface area (Å²) < 4.78 is 4.93. The van der Waals surface area contributed by atoms with E-state index in [-0.39, 0.29) is 24.8 Å². The van der Waals surface area contributed by atoms with Gasteiger partial charge in [0.15, 0.2) is 0 Å². The second-order valence-corrected chi connectivity index (χ2v) is 79.6. The summed E-state index contributed by atoms with van der Waals surface area (Å²) in [5.74, 6) is 0. The molecule has 20 rings (SSSR count). The molecule has 20 aliphatic rings. The smallest absolute Gasteiger partial charge is 1.00 e. The monoisotopic (exact) mass is 1280 g/mol. The van der Waals surface area contributed by atoms with Crippen molar-refractivity contribution in [2.75, 3.05) is 0 Å². The predicted molar refractivity (Wildman–Crippen MR) is 351 cm³/mol. The fourth-order valence-electron chi connectivity index (χ4n) is 34.9. The van der Waals surface area contributed by atoms with Crippen LogP contribution < -0.4 is 24.8 Å². The molecule has 0 amide bonds. The fraction of sp³-hybridized carbons (Fsp3) is 0.579. The average molecular weight is 1280 g/mol. The maximum absolute atomic E-state index is 8.47. The maximum atomic E-state index is 3.34. The van der Waals surface area contributed by atoms with Gasteiger partial charge in [0.05, 0.1) is 0 Å². The van der Waals surface area contributed by atoms with Gasteiger partial charge >= 0.3 is 490 Å². The van der Waals surface area contributed by atoms with Crippen LogP contribution in [0.1, 0.15) is 205 Å². The van der Waals surface area contributed by atoms with E-state index in [9.17, 15) is 0 Å². The van der Waals surface area contributed by atoms with Gasteiger partial charge in [-0.1, -0.05) is 0 Å². The number of halogens is 2. The standard InChI is InChI=1S/4C19H24Si.2ClH.Zr/c4*1-20(18-10-14-6-2-3-7-15(14)11-18)19-12-16-8-4-5-9-17(16)13-19;;;/h4*10-13,20H,2-9H2,1H3;2*1H;/q;;;;;;+2/p-2. The SMILES string of the molecule is C[SiH]1C2=CC3=C(CCCC3)[CH]2[Zr+2]234([CH]5C1=CC1=C5CCCC1)([CH]1C(=CC5=C1CCCC5)[SiH](C)C1=CC5=C(CCCC5)[CH]12)([CH]1C(=CC2=C1CCCC2)[SiH](C)C1=CC2=C(CCCC2)[CH]13)[CH]1C(=CC2=C1CCCC2)[SiH](C)C1=CC2=C(CCCC2)[CH]14.[Cl-].[Cl-]. The molecule has 0 aromatic carbocycles. The van der Waals surface area contributed by atoms with E-state index in [2.05, 4.69) is 161 Å². The van der Waals surface area contributed by atoms with Gasteiger partial charge in [0.25, 0.3) is 0 Å². The van der Waals surface area contributed by atoms with Gasteiger partial charge in [-0.3, -0.25) is 0 Å². The molecule has 0 aromatic rings. The van der Waals surface area contributed by atoms with Gasteiger partial charge in [0.1, 0.15) is 0 Å². The van der Waals surface area contributed by atoms with E-state index in [1.54, 1.807) is 0 Å². The molecule has 4 fully saturated rings. The van der Waals surface area contributed by atoms with E-state index in [1.807, 2.05) is 44.6 Å². The molecule has 7 heteroatoms. The Labute approximate surface area is 509 Å². The number of hydrogen-bond acceptors (Lipinski definition) is 0. The average Bonchev–Trinajstić information content (AvgIpc) is 1.50. The minimum Gasteiger partial charge on any atom is -1.00 e. The number of allylic oxidation sites excluding steroid dienone is 32. The zero-order valence-corrected chi connectivity index (χ0v) is 60.0. The first-order chi connectivity index (χ1) is 39.7. The third-order valence-corrected chi connectivity index (χ3v) is 112. The summed E-state index contributed by atoms with van der Waals surface area (Å²) in [5, 5.41) is 18.2. The molecule has 0 saturated carbocycles. The largest absolute Gasteiger partial charge is 1.00 e. The number of fused-ring (bicyclic) bond motifs is 16. The van der Waals surface area contributed by atoms with E-state index in [0.29, 0.717) is 29.0 Å². The van der Waals surface area contributed by atoms with Crippen LogP contribution in [0.25, 0.3) is 0 Å². The molecular weight excluding hydrogens is 1190 g/mol. The minimum atomic E-state index is -8.47. The molecule has 0 radical (unpaired) electrons. The Kier molecular flexibility index (Phi) is 10.8. The Hall–Kier alpha value is -1.83. The first-order valence-corrected chi connectivity index (χ1v) is 56.4. The molecule has 434 valence electrons. The summed E-state index contributed by atoms with van der Waals surface area (Å²) in [7, 11) is -7.09. The number of hydrogen-bond donors (Lipinski definition) is 0. The van der Waals surface area contributed by atoms with Crippen molar-refractivity contribution in [2.45, 2.75) is 261 Å². The molecule has 1 spiro atoms. The Morgan fingerprint density at radius 3 is 0.470 bits per heavy atom. The Bertz CT molecular complexity index is 3090. The quantitative estimate of drug-likeness (QED) is 0.212. The van der Waals surface area contributed by atoms with Crippen LogP contribution in [0.4, 0.5) is 0 Å². The van der Waals surface area contributed by atoms with Crippen molar-refractivity contribution >= 4 is 35.2 Å². The van der Waals surface area contributed by atoms with Crippen LogP contribution in [0.3, 0.4) is 0 Å². The van der Waals surface area contributed by atoms with Crippen molar-refractivity contribution in [2.24, 2.45) is 0 Å². The van der Waals surface area contributed by atoms with Crippen molar-refractivity contribution in [1.29, 1.82) is 0 Å². The third kappa shape index (κ3) is 4.60. The topological polar surface area (TPSA) is 0 Å². The van der Waals surface area contributed by atoms with Gasteiger partial charge < -0.3 is 24.8 Å². The molecule has 8 atom stereocenters. The normalized spacial score (nSPS) is 43.1. The van der Waals surface area contributed by atoms with Crippen molar-refractivity contribution in [3.8, 4) is 0 Å².